The minimum absolute atomic E-state index is 0.0130. The number of rotatable bonds is 2. The Morgan fingerprint density at radius 2 is 2.07 bits per heavy atom. The van der Waals surface area contributed by atoms with Crippen LogP contribution < -0.4 is 5.73 Å². The second kappa shape index (κ2) is 4.13. The van der Waals surface area contributed by atoms with E-state index >= 15 is 0 Å². The first kappa shape index (κ1) is 10.3. The molecule has 1 unspecified atom stereocenters. The van der Waals surface area contributed by atoms with E-state index in [4.69, 9.17) is 5.73 Å². The van der Waals surface area contributed by atoms with Crippen LogP contribution in [0.3, 0.4) is 0 Å². The molecule has 0 radical (unpaired) electrons. The summed E-state index contributed by atoms with van der Waals surface area (Å²) >= 11 is 1.65. The van der Waals surface area contributed by atoms with E-state index < -0.39 is 0 Å². The van der Waals surface area contributed by atoms with Crippen LogP contribution in [0, 0.1) is 6.92 Å². The zero-order valence-electron chi connectivity index (χ0n) is 8.90. The molecule has 78 valence electrons. The Morgan fingerprint density at radius 3 is 2.67 bits per heavy atom. The van der Waals surface area contributed by atoms with Crippen LogP contribution in [0.25, 0.3) is 10.6 Å². The third-order valence-electron chi connectivity index (χ3n) is 2.36. The predicted octanol–water partition coefficient (Wildman–Crippen LogP) is 3.14. The molecule has 0 amide bonds. The Kier molecular flexibility index (Phi) is 2.84. The van der Waals surface area contributed by atoms with E-state index in [0.29, 0.717) is 0 Å². The lowest BCUT2D eigenvalue weighted by Crippen LogP contribution is -2.04. The lowest BCUT2D eigenvalue weighted by atomic mass is 10.1. The van der Waals surface area contributed by atoms with Crippen LogP contribution >= 0.6 is 11.3 Å². The van der Waals surface area contributed by atoms with Gasteiger partial charge < -0.3 is 5.73 Å². The van der Waals surface area contributed by atoms with Gasteiger partial charge >= 0.3 is 0 Å². The van der Waals surface area contributed by atoms with Gasteiger partial charge in [-0.1, -0.05) is 24.3 Å². The molecule has 2 N–H and O–H groups in total. The van der Waals surface area contributed by atoms with Crippen molar-refractivity contribution in [1.29, 1.82) is 0 Å². The lowest BCUT2D eigenvalue weighted by Gasteiger charge is -2.01. The zero-order valence-corrected chi connectivity index (χ0v) is 9.71. The average molecular weight is 218 g/mol. The van der Waals surface area contributed by atoms with Crippen molar-refractivity contribution in [2.75, 3.05) is 0 Å². The first-order valence-corrected chi connectivity index (χ1v) is 5.83. The third-order valence-corrected chi connectivity index (χ3v) is 3.26. The van der Waals surface area contributed by atoms with E-state index in [-0.39, 0.29) is 6.04 Å². The summed E-state index contributed by atoms with van der Waals surface area (Å²) in [5.41, 5.74) is 9.21. The van der Waals surface area contributed by atoms with Crippen molar-refractivity contribution in [2.24, 2.45) is 5.73 Å². The molecule has 0 saturated carbocycles. The van der Waals surface area contributed by atoms with Crippen LogP contribution in [0.4, 0.5) is 0 Å². The highest BCUT2D eigenvalue weighted by molar-refractivity contribution is 7.13. The van der Waals surface area contributed by atoms with E-state index in [1.54, 1.807) is 11.3 Å². The number of nitrogens with zero attached hydrogens (tertiary/aromatic N) is 1. The molecule has 2 aromatic rings. The molecular weight excluding hydrogens is 204 g/mol. The molecule has 0 saturated heterocycles. The highest BCUT2D eigenvalue weighted by Gasteiger charge is 2.08. The molecule has 2 rings (SSSR count). The van der Waals surface area contributed by atoms with Gasteiger partial charge in [0.05, 0.1) is 5.69 Å². The summed E-state index contributed by atoms with van der Waals surface area (Å²) in [4.78, 5) is 4.53. The van der Waals surface area contributed by atoms with E-state index in [9.17, 15) is 0 Å². The van der Waals surface area contributed by atoms with Gasteiger partial charge in [-0.3, -0.25) is 0 Å². The van der Waals surface area contributed by atoms with Crippen molar-refractivity contribution >= 4 is 11.3 Å². The second-order valence-electron chi connectivity index (χ2n) is 3.68. The van der Waals surface area contributed by atoms with Crippen LogP contribution in [-0.2, 0) is 0 Å². The van der Waals surface area contributed by atoms with Gasteiger partial charge in [-0.2, -0.15) is 0 Å². The maximum Gasteiger partial charge on any atom is 0.123 e. The van der Waals surface area contributed by atoms with E-state index in [2.05, 4.69) is 24.0 Å². The molecule has 15 heavy (non-hydrogen) atoms. The Bertz CT molecular complexity index is 460. The normalized spacial score (nSPS) is 12.7. The third kappa shape index (κ3) is 2.08. The summed E-state index contributed by atoms with van der Waals surface area (Å²) in [6.45, 7) is 4.05. The molecule has 0 aliphatic carbocycles. The van der Waals surface area contributed by atoms with E-state index in [0.717, 1.165) is 10.7 Å². The summed E-state index contributed by atoms with van der Waals surface area (Å²) in [7, 11) is 0. The number of hydrogen-bond donors (Lipinski definition) is 1. The Labute approximate surface area is 93.8 Å². The molecule has 0 aliphatic heterocycles. The predicted molar refractivity (Wildman–Crippen MR) is 64.9 cm³/mol. The van der Waals surface area contributed by atoms with Crippen molar-refractivity contribution in [3.8, 4) is 10.6 Å². The minimum atomic E-state index is 0.0130. The Morgan fingerprint density at radius 1 is 1.33 bits per heavy atom. The molecule has 0 fully saturated rings. The number of nitrogens with two attached hydrogens (primary N) is 1. The molecule has 0 bridgehead atoms. The van der Waals surface area contributed by atoms with Crippen LogP contribution in [0.15, 0.2) is 29.6 Å². The maximum atomic E-state index is 5.79. The topological polar surface area (TPSA) is 38.9 Å². The van der Waals surface area contributed by atoms with Crippen molar-refractivity contribution in [1.82, 2.24) is 4.98 Å². The van der Waals surface area contributed by atoms with E-state index in [1.807, 2.05) is 24.4 Å². The minimum Gasteiger partial charge on any atom is -0.323 e. The summed E-state index contributed by atoms with van der Waals surface area (Å²) in [6, 6.07) is 8.29. The number of aryl methyl sites for hydroxylation is 1. The van der Waals surface area contributed by atoms with Crippen molar-refractivity contribution < 1.29 is 0 Å². The largest absolute Gasteiger partial charge is 0.323 e. The number of hydrogen-bond acceptors (Lipinski definition) is 3. The van der Waals surface area contributed by atoms with Gasteiger partial charge in [-0.05, 0) is 19.4 Å². The van der Waals surface area contributed by atoms with Crippen molar-refractivity contribution in [2.45, 2.75) is 19.9 Å². The molecule has 1 aromatic heterocycles. The quantitative estimate of drug-likeness (QED) is 0.841. The molecule has 1 heterocycles. The summed E-state index contributed by atoms with van der Waals surface area (Å²) in [5.74, 6) is 0. The number of thiazole rings is 1. The highest BCUT2D eigenvalue weighted by Crippen LogP contribution is 2.27. The monoisotopic (exact) mass is 218 g/mol. The zero-order chi connectivity index (χ0) is 10.8. The van der Waals surface area contributed by atoms with Crippen LogP contribution in [0.1, 0.15) is 24.2 Å². The lowest BCUT2D eigenvalue weighted by molar-refractivity contribution is 0.790. The summed E-state index contributed by atoms with van der Waals surface area (Å²) in [6.07, 6.45) is 0. The fourth-order valence-corrected chi connectivity index (χ4v) is 2.45. The molecule has 0 aliphatic rings. The molecule has 3 heteroatoms. The SMILES string of the molecule is Cc1ccccc1-c1nc(C(C)N)cs1. The molecule has 2 nitrogen and oxygen atoms in total. The Balaban J connectivity index is 2.42. The first-order chi connectivity index (χ1) is 7.18. The van der Waals surface area contributed by atoms with Gasteiger partial charge in [-0.25, -0.2) is 4.98 Å². The smallest absolute Gasteiger partial charge is 0.123 e. The highest BCUT2D eigenvalue weighted by atomic mass is 32.1. The molecule has 1 atom stereocenters. The van der Waals surface area contributed by atoms with Crippen LogP contribution in [0.2, 0.25) is 0 Å². The number of benzene rings is 1. The van der Waals surface area contributed by atoms with Gasteiger partial charge in [0, 0.05) is 17.0 Å². The molecular formula is C12H14N2S. The van der Waals surface area contributed by atoms with Crippen molar-refractivity contribution in [3.05, 3.63) is 40.9 Å². The van der Waals surface area contributed by atoms with Crippen LogP contribution in [0.5, 0.6) is 0 Å². The average Bonchev–Trinajstić information content (AvgIpc) is 2.67. The van der Waals surface area contributed by atoms with Crippen molar-refractivity contribution in [3.63, 3.8) is 0 Å². The standard InChI is InChI=1S/C12H14N2S/c1-8-5-3-4-6-10(8)12-14-11(7-15-12)9(2)13/h3-7,9H,13H2,1-2H3. The van der Waals surface area contributed by atoms with Crippen LogP contribution in [-0.4, -0.2) is 4.98 Å². The fraction of sp³-hybridized carbons (Fsp3) is 0.250. The Hall–Kier alpha value is -1.19. The summed E-state index contributed by atoms with van der Waals surface area (Å²) < 4.78 is 0. The summed E-state index contributed by atoms with van der Waals surface area (Å²) in [5, 5.41) is 3.09. The van der Waals surface area contributed by atoms with Gasteiger partial charge in [-0.15, -0.1) is 11.3 Å². The van der Waals surface area contributed by atoms with Gasteiger partial charge in [0.2, 0.25) is 0 Å². The van der Waals surface area contributed by atoms with Gasteiger partial charge in [0.15, 0.2) is 0 Å². The van der Waals surface area contributed by atoms with E-state index in [1.165, 1.54) is 11.1 Å². The molecule has 0 spiro atoms. The maximum absolute atomic E-state index is 5.79. The van der Waals surface area contributed by atoms with Gasteiger partial charge in [0.25, 0.3) is 0 Å². The number of aromatic nitrogens is 1. The first-order valence-electron chi connectivity index (χ1n) is 4.95. The molecule has 1 aromatic carbocycles. The fourth-order valence-electron chi connectivity index (χ4n) is 1.43. The second-order valence-corrected chi connectivity index (χ2v) is 4.54. The van der Waals surface area contributed by atoms with Gasteiger partial charge in [0.1, 0.15) is 5.01 Å².